The molecule has 0 bridgehead atoms. The zero-order chi connectivity index (χ0) is 18.3. The third kappa shape index (κ3) is 3.91. The van der Waals surface area contributed by atoms with E-state index in [4.69, 9.17) is 9.47 Å². The lowest BCUT2D eigenvalue weighted by Crippen LogP contribution is -2.63. The van der Waals surface area contributed by atoms with Crippen molar-refractivity contribution in [1.29, 1.82) is 0 Å². The molecular weight excluding hydrogens is 308 g/mol. The van der Waals surface area contributed by atoms with Gasteiger partial charge < -0.3 is 19.3 Å². The first-order chi connectivity index (χ1) is 10.9. The van der Waals surface area contributed by atoms with Gasteiger partial charge in [-0.3, -0.25) is 9.59 Å². The van der Waals surface area contributed by atoms with Crippen LogP contribution >= 0.6 is 0 Å². The summed E-state index contributed by atoms with van der Waals surface area (Å²) in [4.78, 5) is 28.8. The summed E-state index contributed by atoms with van der Waals surface area (Å²) in [6.45, 7) is 15.2. The van der Waals surface area contributed by atoms with Gasteiger partial charge in [-0.2, -0.15) is 0 Å². The van der Waals surface area contributed by atoms with E-state index in [9.17, 15) is 9.59 Å². The van der Waals surface area contributed by atoms with Crippen molar-refractivity contribution >= 4 is 11.8 Å². The van der Waals surface area contributed by atoms with E-state index >= 15 is 0 Å². The molecule has 6 nitrogen and oxygen atoms in total. The Morgan fingerprint density at radius 3 is 2.38 bits per heavy atom. The molecule has 0 aromatic heterocycles. The van der Waals surface area contributed by atoms with Crippen LogP contribution in [-0.4, -0.2) is 70.7 Å². The minimum atomic E-state index is -0.491. The van der Waals surface area contributed by atoms with Crippen molar-refractivity contribution in [1.82, 2.24) is 9.80 Å². The molecule has 2 fully saturated rings. The summed E-state index contributed by atoms with van der Waals surface area (Å²) < 4.78 is 11.4. The van der Waals surface area contributed by atoms with E-state index in [1.54, 1.807) is 0 Å². The van der Waals surface area contributed by atoms with Crippen molar-refractivity contribution in [2.24, 2.45) is 0 Å². The number of carbonyl (C=O) groups is 2. The van der Waals surface area contributed by atoms with Crippen molar-refractivity contribution in [3.63, 3.8) is 0 Å². The van der Waals surface area contributed by atoms with Gasteiger partial charge in [0.05, 0.1) is 17.7 Å². The second kappa shape index (κ2) is 6.64. The summed E-state index contributed by atoms with van der Waals surface area (Å²) >= 11 is 0. The number of amides is 2. The number of hydrogen-bond donors (Lipinski definition) is 0. The minimum absolute atomic E-state index is 0.0214. The second-order valence-electron chi connectivity index (χ2n) is 8.57. The first-order valence-electron chi connectivity index (χ1n) is 8.83. The largest absolute Gasteiger partial charge is 0.366 e. The maximum Gasteiger partial charge on any atom is 0.252 e. The zero-order valence-electron chi connectivity index (χ0n) is 16.1. The Morgan fingerprint density at radius 1 is 1.17 bits per heavy atom. The van der Waals surface area contributed by atoms with Crippen LogP contribution in [0.15, 0.2) is 0 Å². The molecule has 2 rings (SSSR count). The van der Waals surface area contributed by atoms with Crippen molar-refractivity contribution in [3.05, 3.63) is 0 Å². The van der Waals surface area contributed by atoms with Gasteiger partial charge in [0.1, 0.15) is 12.7 Å². The number of hydrogen-bond acceptors (Lipinski definition) is 4. The van der Waals surface area contributed by atoms with Gasteiger partial charge in [0, 0.05) is 25.0 Å². The van der Waals surface area contributed by atoms with Crippen LogP contribution in [0.25, 0.3) is 0 Å². The van der Waals surface area contributed by atoms with Crippen LogP contribution in [0.3, 0.4) is 0 Å². The molecule has 2 aliphatic rings. The van der Waals surface area contributed by atoms with E-state index in [2.05, 4.69) is 0 Å². The van der Waals surface area contributed by atoms with E-state index in [0.29, 0.717) is 19.6 Å². The van der Waals surface area contributed by atoms with E-state index in [1.807, 2.05) is 58.3 Å². The van der Waals surface area contributed by atoms with Crippen LogP contribution in [0.5, 0.6) is 0 Å². The number of nitrogens with zero attached hydrogens (tertiary/aromatic N) is 2. The number of ether oxygens (including phenoxy) is 2. The number of carbonyl (C=O) groups excluding carboxylic acids is 2. The third-order valence-electron chi connectivity index (χ3n) is 4.86. The summed E-state index contributed by atoms with van der Waals surface area (Å²) in [6, 6.07) is 0.0583. The fraction of sp³-hybridized carbons (Fsp3) is 0.889. The molecule has 0 aromatic rings. The topological polar surface area (TPSA) is 59.1 Å². The molecule has 2 atom stereocenters. The van der Waals surface area contributed by atoms with E-state index in [1.165, 1.54) is 0 Å². The molecule has 2 heterocycles. The molecule has 0 radical (unpaired) electrons. The van der Waals surface area contributed by atoms with Crippen LogP contribution in [-0.2, 0) is 19.1 Å². The summed E-state index contributed by atoms with van der Waals surface area (Å²) in [5.41, 5.74) is -0.659. The second-order valence-corrected chi connectivity index (χ2v) is 8.57. The molecule has 0 aliphatic carbocycles. The van der Waals surface area contributed by atoms with Gasteiger partial charge in [0.25, 0.3) is 5.91 Å². The Bertz CT molecular complexity index is 501. The molecule has 2 amide bonds. The standard InChI is InChI=1S/C18H32N2O4/c1-12(2)20-16(22)14(23-11-17(20,4)5)8-13(3)19-10-18(6,7)24-9-15(19)21/h12-14H,8-11H2,1-7H3. The molecule has 0 spiro atoms. The van der Waals surface area contributed by atoms with E-state index < -0.39 is 6.10 Å². The van der Waals surface area contributed by atoms with Crippen molar-refractivity contribution < 1.29 is 19.1 Å². The Kier molecular flexibility index (Phi) is 5.31. The zero-order valence-corrected chi connectivity index (χ0v) is 16.1. The van der Waals surface area contributed by atoms with Crippen molar-refractivity contribution in [2.45, 2.75) is 84.2 Å². The van der Waals surface area contributed by atoms with E-state index in [0.717, 1.165) is 0 Å². The normalized spacial score (nSPS) is 28.4. The van der Waals surface area contributed by atoms with Crippen LogP contribution in [0.2, 0.25) is 0 Å². The monoisotopic (exact) mass is 340 g/mol. The molecule has 0 N–H and O–H groups in total. The van der Waals surface area contributed by atoms with Gasteiger partial charge in [0.15, 0.2) is 0 Å². The fourth-order valence-electron chi connectivity index (χ4n) is 3.74. The number of rotatable bonds is 4. The van der Waals surface area contributed by atoms with Crippen LogP contribution < -0.4 is 0 Å². The van der Waals surface area contributed by atoms with Gasteiger partial charge in [-0.25, -0.2) is 0 Å². The Morgan fingerprint density at radius 2 is 1.79 bits per heavy atom. The molecule has 0 aromatic carbocycles. The maximum atomic E-state index is 12.9. The fourth-order valence-corrected chi connectivity index (χ4v) is 3.74. The minimum Gasteiger partial charge on any atom is -0.366 e. The predicted molar refractivity (Wildman–Crippen MR) is 91.6 cm³/mol. The molecule has 2 saturated heterocycles. The molecule has 0 saturated carbocycles. The quantitative estimate of drug-likeness (QED) is 0.783. The molecule has 24 heavy (non-hydrogen) atoms. The van der Waals surface area contributed by atoms with E-state index in [-0.39, 0.29) is 41.6 Å². The lowest BCUT2D eigenvalue weighted by atomic mass is 9.95. The van der Waals surface area contributed by atoms with Gasteiger partial charge in [-0.05, 0) is 48.5 Å². The maximum absolute atomic E-state index is 12.9. The smallest absolute Gasteiger partial charge is 0.252 e. The molecule has 2 aliphatic heterocycles. The summed E-state index contributed by atoms with van der Waals surface area (Å²) in [6.07, 6.45) is 0.0223. The Balaban J connectivity index is 2.07. The number of morpholine rings is 2. The van der Waals surface area contributed by atoms with Gasteiger partial charge >= 0.3 is 0 Å². The SMILES string of the molecule is CC(CC1OCC(C)(C)N(C(C)C)C1=O)N1CC(C)(C)OCC1=O. The average Bonchev–Trinajstić information content (AvgIpc) is 2.44. The van der Waals surface area contributed by atoms with Crippen molar-refractivity contribution in [3.8, 4) is 0 Å². The Labute approximate surface area is 145 Å². The van der Waals surface area contributed by atoms with Gasteiger partial charge in [-0.15, -0.1) is 0 Å². The third-order valence-corrected chi connectivity index (χ3v) is 4.86. The molecule has 6 heteroatoms. The van der Waals surface area contributed by atoms with Gasteiger partial charge in [0.2, 0.25) is 5.91 Å². The highest BCUT2D eigenvalue weighted by molar-refractivity contribution is 5.83. The average molecular weight is 340 g/mol. The lowest BCUT2D eigenvalue weighted by molar-refractivity contribution is -0.177. The lowest BCUT2D eigenvalue weighted by Gasteiger charge is -2.48. The highest BCUT2D eigenvalue weighted by Crippen LogP contribution is 2.29. The van der Waals surface area contributed by atoms with Gasteiger partial charge in [-0.1, -0.05) is 0 Å². The molecule has 2 unspecified atom stereocenters. The highest BCUT2D eigenvalue weighted by atomic mass is 16.5. The van der Waals surface area contributed by atoms with Crippen LogP contribution in [0.4, 0.5) is 0 Å². The highest BCUT2D eigenvalue weighted by Gasteiger charge is 2.44. The van der Waals surface area contributed by atoms with Crippen LogP contribution in [0.1, 0.15) is 54.9 Å². The molecule has 138 valence electrons. The first-order valence-corrected chi connectivity index (χ1v) is 8.83. The first kappa shape index (κ1) is 19.2. The summed E-state index contributed by atoms with van der Waals surface area (Å²) in [5.74, 6) is -0.000743. The summed E-state index contributed by atoms with van der Waals surface area (Å²) in [7, 11) is 0. The van der Waals surface area contributed by atoms with Crippen molar-refractivity contribution in [2.75, 3.05) is 19.8 Å². The predicted octanol–water partition coefficient (Wildman–Crippen LogP) is 1.82. The Hall–Kier alpha value is -1.14. The van der Waals surface area contributed by atoms with Crippen LogP contribution in [0, 0.1) is 0 Å². The molecular formula is C18H32N2O4. The summed E-state index contributed by atoms with van der Waals surface area (Å²) in [5, 5.41) is 0.